The van der Waals surface area contributed by atoms with Crippen molar-refractivity contribution in [2.45, 2.75) is 31.2 Å². The summed E-state index contributed by atoms with van der Waals surface area (Å²) in [4.78, 5) is 12.4. The number of tetrazole rings is 1. The fourth-order valence-corrected chi connectivity index (χ4v) is 3.46. The maximum absolute atomic E-state index is 13.2. The largest absolute Gasteiger partial charge is 0.325 e. The van der Waals surface area contributed by atoms with E-state index in [1.807, 2.05) is 32.0 Å². The molecule has 0 spiro atoms. The van der Waals surface area contributed by atoms with Crippen molar-refractivity contribution in [3.8, 4) is 5.69 Å². The number of aryl methyl sites for hydroxylation is 2. The average molecular weight is 406 g/mol. The molecule has 0 fully saturated rings. The molecule has 1 heterocycles. The number of hydrogen-bond donors (Lipinski definition) is 1. The zero-order valence-corrected chi connectivity index (χ0v) is 16.5. The SMILES string of the molecule is Cc1ccc(-n2nnnc2S[C@H](C)C(=O)Nc2ccc(F)c(Cl)c2)c(C)c1. The average Bonchev–Trinajstić information content (AvgIpc) is 3.06. The number of nitrogens with zero attached hydrogens (tertiary/aromatic N) is 4. The molecule has 0 aliphatic rings. The van der Waals surface area contributed by atoms with Gasteiger partial charge in [0.15, 0.2) is 0 Å². The van der Waals surface area contributed by atoms with Gasteiger partial charge >= 0.3 is 0 Å². The van der Waals surface area contributed by atoms with Crippen molar-refractivity contribution in [2.75, 3.05) is 5.32 Å². The highest BCUT2D eigenvalue weighted by molar-refractivity contribution is 8.00. The lowest BCUT2D eigenvalue weighted by Gasteiger charge is -2.13. The number of thioether (sulfide) groups is 1. The number of carbonyl (C=O) groups excluding carboxylic acids is 1. The summed E-state index contributed by atoms with van der Waals surface area (Å²) in [6, 6.07) is 9.99. The Labute approximate surface area is 165 Å². The second kappa shape index (κ2) is 8.06. The molecule has 1 atom stereocenters. The van der Waals surface area contributed by atoms with Crippen LogP contribution in [0.2, 0.25) is 5.02 Å². The molecule has 6 nitrogen and oxygen atoms in total. The van der Waals surface area contributed by atoms with E-state index in [1.165, 1.54) is 30.0 Å². The normalized spacial score (nSPS) is 12.0. The van der Waals surface area contributed by atoms with E-state index in [1.54, 1.807) is 11.6 Å². The van der Waals surface area contributed by atoms with Gasteiger partial charge in [0.05, 0.1) is 16.0 Å². The Morgan fingerprint density at radius 3 is 2.74 bits per heavy atom. The number of anilines is 1. The zero-order chi connectivity index (χ0) is 19.6. The molecule has 0 bridgehead atoms. The molecule has 0 saturated carbocycles. The summed E-state index contributed by atoms with van der Waals surface area (Å²) >= 11 is 6.97. The van der Waals surface area contributed by atoms with Crippen molar-refractivity contribution in [3.63, 3.8) is 0 Å². The summed E-state index contributed by atoms with van der Waals surface area (Å²) in [6.07, 6.45) is 0. The van der Waals surface area contributed by atoms with E-state index in [9.17, 15) is 9.18 Å². The number of nitrogens with one attached hydrogen (secondary N) is 1. The number of hydrogen-bond acceptors (Lipinski definition) is 5. The summed E-state index contributed by atoms with van der Waals surface area (Å²) in [5, 5.41) is 14.5. The quantitative estimate of drug-likeness (QED) is 0.644. The molecule has 1 aromatic heterocycles. The van der Waals surface area contributed by atoms with Crippen LogP contribution in [-0.4, -0.2) is 31.4 Å². The first-order valence-corrected chi connectivity index (χ1v) is 9.39. The Balaban J connectivity index is 1.74. The number of amides is 1. The second-order valence-corrected chi connectivity index (χ2v) is 7.76. The summed E-state index contributed by atoms with van der Waals surface area (Å²) in [6.45, 7) is 5.74. The van der Waals surface area contributed by atoms with Crippen LogP contribution in [0.1, 0.15) is 18.1 Å². The summed E-state index contributed by atoms with van der Waals surface area (Å²) < 4.78 is 14.8. The van der Waals surface area contributed by atoms with Gasteiger partial charge in [0.25, 0.3) is 0 Å². The van der Waals surface area contributed by atoms with Gasteiger partial charge in [0, 0.05) is 5.69 Å². The van der Waals surface area contributed by atoms with Gasteiger partial charge in [-0.1, -0.05) is 41.1 Å². The van der Waals surface area contributed by atoms with Crippen LogP contribution >= 0.6 is 23.4 Å². The van der Waals surface area contributed by atoms with E-state index in [2.05, 4.69) is 20.8 Å². The molecule has 27 heavy (non-hydrogen) atoms. The van der Waals surface area contributed by atoms with E-state index in [0.717, 1.165) is 16.8 Å². The molecule has 1 amide bonds. The minimum absolute atomic E-state index is 0.0492. The molecule has 140 valence electrons. The number of halogens is 2. The molecule has 0 radical (unpaired) electrons. The molecule has 2 aromatic carbocycles. The van der Waals surface area contributed by atoms with Gasteiger partial charge in [0.2, 0.25) is 11.1 Å². The molecule has 0 aliphatic carbocycles. The zero-order valence-electron chi connectivity index (χ0n) is 14.9. The highest BCUT2D eigenvalue weighted by Gasteiger charge is 2.20. The smallest absolute Gasteiger partial charge is 0.237 e. The Morgan fingerprint density at radius 2 is 2.04 bits per heavy atom. The maximum atomic E-state index is 13.2. The number of rotatable bonds is 5. The van der Waals surface area contributed by atoms with E-state index >= 15 is 0 Å². The van der Waals surface area contributed by atoms with E-state index in [-0.39, 0.29) is 10.9 Å². The highest BCUT2D eigenvalue weighted by Crippen LogP contribution is 2.26. The molecule has 1 N–H and O–H groups in total. The monoisotopic (exact) mass is 405 g/mol. The third kappa shape index (κ3) is 4.45. The van der Waals surface area contributed by atoms with E-state index in [4.69, 9.17) is 11.6 Å². The van der Waals surface area contributed by atoms with E-state index < -0.39 is 11.1 Å². The van der Waals surface area contributed by atoms with Crippen LogP contribution in [0.5, 0.6) is 0 Å². The van der Waals surface area contributed by atoms with Crippen molar-refractivity contribution in [3.05, 3.63) is 58.4 Å². The summed E-state index contributed by atoms with van der Waals surface area (Å²) in [5.41, 5.74) is 3.45. The Bertz CT molecular complexity index is 994. The third-order valence-corrected chi connectivity index (χ3v) is 5.18. The van der Waals surface area contributed by atoms with Gasteiger partial charge in [-0.2, -0.15) is 4.68 Å². The lowest BCUT2D eigenvalue weighted by Crippen LogP contribution is -2.23. The first kappa shape index (κ1) is 19.3. The molecule has 3 rings (SSSR count). The van der Waals surface area contributed by atoms with Crippen molar-refractivity contribution < 1.29 is 9.18 Å². The summed E-state index contributed by atoms with van der Waals surface area (Å²) in [5.74, 6) is -0.803. The Hall–Kier alpha value is -2.45. The van der Waals surface area contributed by atoms with Crippen LogP contribution in [0, 0.1) is 19.7 Å². The van der Waals surface area contributed by atoms with Crippen molar-refractivity contribution >= 4 is 35.0 Å². The van der Waals surface area contributed by atoms with Crippen LogP contribution in [0.15, 0.2) is 41.6 Å². The first-order valence-electron chi connectivity index (χ1n) is 8.13. The summed E-state index contributed by atoms with van der Waals surface area (Å²) in [7, 11) is 0. The van der Waals surface area contributed by atoms with Gasteiger partial charge in [0.1, 0.15) is 5.82 Å². The van der Waals surface area contributed by atoms with Gasteiger partial charge in [-0.15, -0.1) is 5.10 Å². The molecule has 0 aliphatic heterocycles. The molecule has 0 saturated heterocycles. The fourth-order valence-electron chi connectivity index (χ4n) is 2.48. The predicted octanol–water partition coefficient (Wildman–Crippen LogP) is 4.19. The van der Waals surface area contributed by atoms with Crippen molar-refractivity contribution in [2.24, 2.45) is 0 Å². The molecular weight excluding hydrogens is 389 g/mol. The van der Waals surface area contributed by atoms with Crippen LogP contribution in [0.25, 0.3) is 5.69 Å². The number of aromatic nitrogens is 4. The number of benzene rings is 2. The van der Waals surface area contributed by atoms with E-state index in [0.29, 0.717) is 10.8 Å². The topological polar surface area (TPSA) is 72.7 Å². The first-order chi connectivity index (χ1) is 12.8. The lowest BCUT2D eigenvalue weighted by atomic mass is 10.1. The third-order valence-electron chi connectivity index (χ3n) is 3.86. The lowest BCUT2D eigenvalue weighted by molar-refractivity contribution is -0.115. The molecule has 0 unspecified atom stereocenters. The predicted molar refractivity (Wildman–Crippen MR) is 104 cm³/mol. The van der Waals surface area contributed by atoms with Gasteiger partial charge in [-0.25, -0.2) is 4.39 Å². The molecule has 3 aromatic rings. The van der Waals surface area contributed by atoms with Gasteiger partial charge < -0.3 is 5.32 Å². The van der Waals surface area contributed by atoms with Crippen LogP contribution in [0.4, 0.5) is 10.1 Å². The minimum Gasteiger partial charge on any atom is -0.325 e. The van der Waals surface area contributed by atoms with Gasteiger partial charge in [-0.05, 0) is 61.0 Å². The van der Waals surface area contributed by atoms with Gasteiger partial charge in [-0.3, -0.25) is 4.79 Å². The van der Waals surface area contributed by atoms with Crippen LogP contribution in [0.3, 0.4) is 0 Å². The Morgan fingerprint density at radius 1 is 1.26 bits per heavy atom. The molecular formula is C18H17ClFN5OS. The van der Waals surface area contributed by atoms with Crippen LogP contribution in [-0.2, 0) is 4.79 Å². The molecule has 9 heteroatoms. The number of carbonyl (C=O) groups is 1. The second-order valence-electron chi connectivity index (χ2n) is 6.04. The van der Waals surface area contributed by atoms with Crippen LogP contribution < -0.4 is 5.32 Å². The van der Waals surface area contributed by atoms with Crippen molar-refractivity contribution in [1.82, 2.24) is 20.2 Å². The Kier molecular flexibility index (Phi) is 5.76. The standard InChI is InChI=1S/C18H17ClFN5OS/c1-10-4-7-16(11(2)8-10)25-18(22-23-24-25)27-12(3)17(26)21-13-5-6-15(20)14(19)9-13/h4-9,12H,1-3H3,(H,21,26)/t12-/m1/s1. The minimum atomic E-state index is -0.537. The van der Waals surface area contributed by atoms with Crippen molar-refractivity contribution in [1.29, 1.82) is 0 Å². The maximum Gasteiger partial charge on any atom is 0.237 e. The fraction of sp³-hybridized carbons (Fsp3) is 0.222. The highest BCUT2D eigenvalue weighted by atomic mass is 35.5.